The van der Waals surface area contributed by atoms with Gasteiger partial charge in [-0.05, 0) is 37.3 Å². The van der Waals surface area contributed by atoms with Crippen molar-refractivity contribution in [1.29, 1.82) is 0 Å². The van der Waals surface area contributed by atoms with Gasteiger partial charge in [0.1, 0.15) is 18.0 Å². The predicted molar refractivity (Wildman–Crippen MR) is 83.4 cm³/mol. The predicted octanol–water partition coefficient (Wildman–Crippen LogP) is 2.07. The molecule has 6 nitrogen and oxygen atoms in total. The van der Waals surface area contributed by atoms with Crippen molar-refractivity contribution in [1.82, 2.24) is 9.38 Å². The van der Waals surface area contributed by atoms with Crippen molar-refractivity contribution in [2.75, 3.05) is 0 Å². The number of hydrogen-bond acceptors (Lipinski definition) is 5. The van der Waals surface area contributed by atoms with Crippen LogP contribution in [0.25, 0.3) is 5.65 Å². The number of fused-ring (bicyclic) bond motifs is 1. The monoisotopic (exact) mass is 310 g/mol. The van der Waals surface area contributed by atoms with Crippen molar-refractivity contribution in [3.63, 3.8) is 0 Å². The molecule has 2 heterocycles. The van der Waals surface area contributed by atoms with Gasteiger partial charge in [0.25, 0.3) is 5.56 Å². The molecule has 0 bridgehead atoms. The van der Waals surface area contributed by atoms with Crippen LogP contribution in [0, 0.1) is 6.92 Å². The van der Waals surface area contributed by atoms with Crippen LogP contribution in [0.15, 0.2) is 53.3 Å². The van der Waals surface area contributed by atoms with Gasteiger partial charge in [-0.25, -0.2) is 9.78 Å². The standard InChI is InChI=1S/C17H14N2O4/c1-11-4-2-7-15-18-13(9-16(21)19(11)15)10-23-17(22)12-5-3-6-14(20)8-12/h2-9,20H,10H2,1H3. The summed E-state index contributed by atoms with van der Waals surface area (Å²) in [7, 11) is 0. The molecule has 0 fully saturated rings. The van der Waals surface area contributed by atoms with Gasteiger partial charge in [-0.3, -0.25) is 9.20 Å². The number of aryl methyl sites for hydroxylation is 1. The first-order valence-corrected chi connectivity index (χ1v) is 6.99. The van der Waals surface area contributed by atoms with E-state index < -0.39 is 5.97 Å². The first kappa shape index (κ1) is 14.8. The van der Waals surface area contributed by atoms with Crippen molar-refractivity contribution in [3.05, 3.63) is 75.8 Å². The van der Waals surface area contributed by atoms with Crippen LogP contribution in [-0.4, -0.2) is 20.5 Å². The summed E-state index contributed by atoms with van der Waals surface area (Å²) in [6, 6.07) is 12.5. The molecule has 0 aliphatic rings. The molecule has 0 unspecified atom stereocenters. The third-order valence-electron chi connectivity index (χ3n) is 3.37. The van der Waals surface area contributed by atoms with Crippen LogP contribution in [0.3, 0.4) is 0 Å². The SMILES string of the molecule is Cc1cccc2nc(COC(=O)c3cccc(O)c3)cc(=O)n12. The maximum Gasteiger partial charge on any atom is 0.338 e. The minimum atomic E-state index is -0.591. The quantitative estimate of drug-likeness (QED) is 0.749. The lowest BCUT2D eigenvalue weighted by Crippen LogP contribution is -2.18. The van der Waals surface area contributed by atoms with Crippen molar-refractivity contribution in [2.45, 2.75) is 13.5 Å². The Morgan fingerprint density at radius 1 is 1.22 bits per heavy atom. The molecule has 3 rings (SSSR count). The molecule has 0 atom stereocenters. The lowest BCUT2D eigenvalue weighted by atomic mass is 10.2. The van der Waals surface area contributed by atoms with E-state index in [9.17, 15) is 14.7 Å². The van der Waals surface area contributed by atoms with E-state index >= 15 is 0 Å². The number of phenolic OH excluding ortho intramolecular Hbond substituents is 1. The van der Waals surface area contributed by atoms with E-state index in [1.807, 2.05) is 13.0 Å². The maximum atomic E-state index is 12.1. The summed E-state index contributed by atoms with van der Waals surface area (Å²) in [5.41, 5.74) is 1.66. The first-order chi connectivity index (χ1) is 11.0. The Balaban J connectivity index is 1.82. The summed E-state index contributed by atoms with van der Waals surface area (Å²) in [6.45, 7) is 1.70. The van der Waals surface area contributed by atoms with E-state index in [1.165, 1.54) is 28.7 Å². The molecule has 6 heteroatoms. The van der Waals surface area contributed by atoms with Crippen molar-refractivity contribution in [2.24, 2.45) is 0 Å². The van der Waals surface area contributed by atoms with Crippen molar-refractivity contribution in [3.8, 4) is 5.75 Å². The Labute approximate surface area is 131 Å². The minimum Gasteiger partial charge on any atom is -0.508 e. The highest BCUT2D eigenvalue weighted by atomic mass is 16.5. The maximum absolute atomic E-state index is 12.1. The molecule has 0 radical (unpaired) electrons. The topological polar surface area (TPSA) is 80.9 Å². The van der Waals surface area contributed by atoms with Crippen LogP contribution in [0.2, 0.25) is 0 Å². The van der Waals surface area contributed by atoms with E-state index in [0.29, 0.717) is 11.3 Å². The number of benzene rings is 1. The van der Waals surface area contributed by atoms with Crippen LogP contribution < -0.4 is 5.56 Å². The lowest BCUT2D eigenvalue weighted by Gasteiger charge is -2.07. The number of rotatable bonds is 3. The van der Waals surface area contributed by atoms with Gasteiger partial charge in [0.15, 0.2) is 0 Å². The number of carbonyl (C=O) groups excluding carboxylic acids is 1. The van der Waals surface area contributed by atoms with Crippen molar-refractivity contribution < 1.29 is 14.6 Å². The van der Waals surface area contributed by atoms with E-state index in [0.717, 1.165) is 5.69 Å². The average Bonchev–Trinajstić information content (AvgIpc) is 2.52. The zero-order chi connectivity index (χ0) is 16.4. The molecule has 2 aromatic heterocycles. The lowest BCUT2D eigenvalue weighted by molar-refractivity contribution is 0.0467. The van der Waals surface area contributed by atoms with Gasteiger partial charge in [-0.1, -0.05) is 12.1 Å². The number of phenols is 1. The summed E-state index contributed by atoms with van der Waals surface area (Å²) in [4.78, 5) is 28.4. The van der Waals surface area contributed by atoms with E-state index in [1.54, 1.807) is 18.2 Å². The van der Waals surface area contributed by atoms with Gasteiger partial charge in [0.2, 0.25) is 0 Å². The van der Waals surface area contributed by atoms with E-state index in [4.69, 9.17) is 4.74 Å². The largest absolute Gasteiger partial charge is 0.508 e. The molecular formula is C17H14N2O4. The van der Waals surface area contributed by atoms with Crippen LogP contribution in [0.4, 0.5) is 0 Å². The number of aromatic nitrogens is 2. The molecule has 0 aliphatic carbocycles. The molecule has 3 aromatic rings. The van der Waals surface area contributed by atoms with Crippen molar-refractivity contribution >= 4 is 11.6 Å². The molecule has 23 heavy (non-hydrogen) atoms. The fourth-order valence-electron chi connectivity index (χ4n) is 2.29. The Bertz CT molecular complexity index is 947. The molecule has 1 aromatic carbocycles. The third-order valence-corrected chi connectivity index (χ3v) is 3.37. The second-order valence-corrected chi connectivity index (χ2v) is 5.07. The van der Waals surface area contributed by atoms with E-state index in [-0.39, 0.29) is 23.5 Å². The van der Waals surface area contributed by atoms with Crippen LogP contribution in [0.1, 0.15) is 21.7 Å². The Morgan fingerprint density at radius 2 is 2.00 bits per heavy atom. The van der Waals surface area contributed by atoms with Gasteiger partial charge in [0, 0.05) is 11.8 Å². The van der Waals surface area contributed by atoms with E-state index in [2.05, 4.69) is 4.98 Å². The second-order valence-electron chi connectivity index (χ2n) is 5.07. The number of esters is 1. The zero-order valence-electron chi connectivity index (χ0n) is 12.4. The molecular weight excluding hydrogens is 296 g/mol. The number of pyridine rings is 1. The number of aromatic hydroxyl groups is 1. The summed E-state index contributed by atoms with van der Waals surface area (Å²) in [5, 5.41) is 9.36. The minimum absolute atomic E-state index is 0.0167. The first-order valence-electron chi connectivity index (χ1n) is 6.99. The second kappa shape index (κ2) is 5.92. The third kappa shape index (κ3) is 3.06. The molecule has 0 aliphatic heterocycles. The highest BCUT2D eigenvalue weighted by Crippen LogP contribution is 2.12. The molecule has 116 valence electrons. The number of hydrogen-bond donors (Lipinski definition) is 1. The Kier molecular flexibility index (Phi) is 3.80. The van der Waals surface area contributed by atoms with Gasteiger partial charge < -0.3 is 9.84 Å². The van der Waals surface area contributed by atoms with Gasteiger partial charge >= 0.3 is 5.97 Å². The summed E-state index contributed by atoms with van der Waals surface area (Å²) in [5.74, 6) is -0.607. The molecule has 0 saturated heterocycles. The van der Waals surface area contributed by atoms with Gasteiger partial charge in [-0.15, -0.1) is 0 Å². The Hall–Kier alpha value is -3.15. The van der Waals surface area contributed by atoms with Crippen LogP contribution in [0.5, 0.6) is 5.75 Å². The summed E-state index contributed by atoms with van der Waals surface area (Å²) >= 11 is 0. The molecule has 0 spiro atoms. The molecule has 0 saturated carbocycles. The molecule has 0 amide bonds. The zero-order valence-corrected chi connectivity index (χ0v) is 12.4. The van der Waals surface area contributed by atoms with Crippen LogP contribution in [-0.2, 0) is 11.3 Å². The Morgan fingerprint density at radius 3 is 2.78 bits per heavy atom. The van der Waals surface area contributed by atoms with Crippen LogP contribution >= 0.6 is 0 Å². The number of carbonyl (C=O) groups is 1. The fraction of sp³-hybridized carbons (Fsp3) is 0.118. The highest BCUT2D eigenvalue weighted by Gasteiger charge is 2.10. The summed E-state index contributed by atoms with van der Waals surface area (Å²) < 4.78 is 6.63. The van der Waals surface area contributed by atoms with Gasteiger partial charge in [-0.2, -0.15) is 0 Å². The smallest absolute Gasteiger partial charge is 0.338 e. The molecule has 1 N–H and O–H groups in total. The number of nitrogens with zero attached hydrogens (tertiary/aromatic N) is 2. The highest BCUT2D eigenvalue weighted by molar-refractivity contribution is 5.89. The van der Waals surface area contributed by atoms with Gasteiger partial charge in [0.05, 0.1) is 11.3 Å². The fourth-order valence-corrected chi connectivity index (χ4v) is 2.29. The normalized spacial score (nSPS) is 10.7. The number of ether oxygens (including phenoxy) is 1. The summed E-state index contributed by atoms with van der Waals surface area (Å²) in [6.07, 6.45) is 0. The average molecular weight is 310 g/mol.